The van der Waals surface area contributed by atoms with E-state index in [4.69, 9.17) is 33.5 Å². The first-order valence-corrected chi connectivity index (χ1v) is 13.5. The molecule has 0 bridgehead atoms. The smallest absolute Gasteiger partial charge is 0.433 e. The Morgan fingerprint density at radius 3 is 2.24 bits per heavy atom. The Morgan fingerprint density at radius 2 is 1.68 bits per heavy atom. The maximum absolute atomic E-state index is 12.1. The predicted octanol–water partition coefficient (Wildman–Crippen LogP) is 2.80. The Morgan fingerprint density at radius 1 is 1.11 bits per heavy atom. The Bertz CT molecular complexity index is 1170. The topological polar surface area (TPSA) is 186 Å². The van der Waals surface area contributed by atoms with Crippen molar-refractivity contribution in [1.29, 1.82) is 0 Å². The van der Waals surface area contributed by atoms with Crippen LogP contribution in [-0.4, -0.2) is 57.7 Å². The van der Waals surface area contributed by atoms with Gasteiger partial charge in [0.1, 0.15) is 12.8 Å². The van der Waals surface area contributed by atoms with Gasteiger partial charge in [-0.1, -0.05) is 0 Å². The van der Waals surface area contributed by atoms with Gasteiger partial charge in [0, 0.05) is 6.20 Å². The van der Waals surface area contributed by atoms with Crippen LogP contribution in [-0.2, 0) is 37.4 Å². The van der Waals surface area contributed by atoms with Crippen molar-refractivity contribution in [2.24, 2.45) is 10.8 Å². The summed E-state index contributed by atoms with van der Waals surface area (Å²) in [6.07, 6.45) is 1.86. The molecule has 2 aromatic rings. The zero-order valence-corrected chi connectivity index (χ0v) is 23.3. The molecule has 0 amide bonds. The highest BCUT2D eigenvalue weighted by molar-refractivity contribution is 7.55. The maximum Gasteiger partial charge on any atom is 0.579 e. The minimum absolute atomic E-state index is 0.0104. The SMILES string of the molecule is CC(C)(C)C(=O)OCO[P+](O)(OCOC(=O)C(C)(C)C)OCC1CCC(n2ccc3c(=O)[nH]c(N)nc32)O1. The van der Waals surface area contributed by atoms with Crippen molar-refractivity contribution in [3.05, 3.63) is 22.6 Å². The zero-order valence-electron chi connectivity index (χ0n) is 22.4. The Balaban J connectivity index is 1.62. The molecule has 0 spiro atoms. The van der Waals surface area contributed by atoms with Gasteiger partial charge in [0.05, 0.1) is 22.3 Å². The number of carbonyl (C=O) groups is 2. The van der Waals surface area contributed by atoms with E-state index in [1.54, 1.807) is 58.4 Å². The third kappa shape index (κ3) is 7.71. The minimum Gasteiger partial charge on any atom is -0.433 e. The molecule has 2 unspecified atom stereocenters. The molecule has 2 atom stereocenters. The molecule has 2 aromatic heterocycles. The molecule has 1 aliphatic heterocycles. The van der Waals surface area contributed by atoms with Gasteiger partial charge >= 0.3 is 20.1 Å². The molecule has 14 nitrogen and oxygen atoms in total. The Labute approximate surface area is 220 Å². The van der Waals surface area contributed by atoms with Crippen molar-refractivity contribution < 1.29 is 42.3 Å². The normalized spacial score (nSPS) is 18.6. The van der Waals surface area contributed by atoms with E-state index in [2.05, 4.69) is 9.97 Å². The second-order valence-electron chi connectivity index (χ2n) is 10.8. The summed E-state index contributed by atoms with van der Waals surface area (Å²) in [5.74, 6) is -1.13. The second-order valence-corrected chi connectivity index (χ2v) is 12.5. The van der Waals surface area contributed by atoms with E-state index in [-0.39, 0.29) is 18.1 Å². The van der Waals surface area contributed by atoms with Gasteiger partial charge in [0.15, 0.2) is 5.65 Å². The molecule has 212 valence electrons. The number of aromatic amines is 1. The van der Waals surface area contributed by atoms with Crippen LogP contribution in [0.1, 0.15) is 60.6 Å². The maximum atomic E-state index is 12.1. The molecular formula is C23H36N4O10P+. The Kier molecular flexibility index (Phi) is 9.17. The van der Waals surface area contributed by atoms with Crippen LogP contribution in [0.5, 0.6) is 0 Å². The van der Waals surface area contributed by atoms with Crippen molar-refractivity contribution in [2.45, 2.75) is 66.7 Å². The molecule has 0 aromatic carbocycles. The molecule has 0 radical (unpaired) electrons. The lowest BCUT2D eigenvalue weighted by atomic mass is 9.98. The highest BCUT2D eigenvalue weighted by Crippen LogP contribution is 2.58. The Hall–Kier alpha value is -2.61. The van der Waals surface area contributed by atoms with Crippen LogP contribution >= 0.6 is 8.17 Å². The number of ether oxygens (including phenoxy) is 3. The number of nitrogens with zero attached hydrogens (tertiary/aromatic N) is 2. The van der Waals surface area contributed by atoms with Crippen LogP contribution in [0.2, 0.25) is 0 Å². The standard InChI is InChI=1S/C23H35N4O10P/c1-22(2,3)19(29)32-12-35-38(31,36-13-33-20(30)23(4,5)6)34-11-14-7-8-16(37-14)27-10-9-15-17(27)25-21(24)26-18(15)28/h9-10,14,16,31H,7-8,11-13H2,1-6H3,(H2-,24,25,26,28)/p+1. The van der Waals surface area contributed by atoms with Gasteiger partial charge in [-0.15, -0.1) is 9.05 Å². The van der Waals surface area contributed by atoms with Gasteiger partial charge in [-0.25, -0.2) is 0 Å². The third-order valence-electron chi connectivity index (χ3n) is 5.46. The molecule has 15 heteroatoms. The summed E-state index contributed by atoms with van der Waals surface area (Å²) in [4.78, 5) is 53.7. The summed E-state index contributed by atoms with van der Waals surface area (Å²) in [7, 11) is -4.09. The number of esters is 2. The van der Waals surface area contributed by atoms with Crippen LogP contribution in [0.15, 0.2) is 17.1 Å². The summed E-state index contributed by atoms with van der Waals surface area (Å²) in [5, 5.41) is 0.374. The van der Waals surface area contributed by atoms with Crippen LogP contribution < -0.4 is 11.3 Å². The molecule has 1 fully saturated rings. The third-order valence-corrected chi connectivity index (χ3v) is 6.79. The van der Waals surface area contributed by atoms with E-state index in [9.17, 15) is 19.3 Å². The van der Waals surface area contributed by atoms with Crippen molar-refractivity contribution >= 4 is 37.1 Å². The lowest BCUT2D eigenvalue weighted by Gasteiger charge is -2.20. The lowest BCUT2D eigenvalue weighted by molar-refractivity contribution is -0.165. The fourth-order valence-electron chi connectivity index (χ4n) is 3.32. The number of rotatable bonds is 10. The average Bonchev–Trinajstić information content (AvgIpc) is 3.43. The molecule has 4 N–H and O–H groups in total. The number of nitrogens with two attached hydrogens (primary N) is 1. The summed E-state index contributed by atoms with van der Waals surface area (Å²) < 4.78 is 33.9. The number of hydrogen-bond acceptors (Lipinski definition) is 12. The first-order chi connectivity index (χ1) is 17.6. The highest BCUT2D eigenvalue weighted by atomic mass is 31.2. The van der Waals surface area contributed by atoms with E-state index in [0.29, 0.717) is 23.9 Å². The van der Waals surface area contributed by atoms with Crippen LogP contribution in [0.25, 0.3) is 11.0 Å². The highest BCUT2D eigenvalue weighted by Gasteiger charge is 2.48. The summed E-state index contributed by atoms with van der Waals surface area (Å²) in [6.45, 7) is 8.56. The van der Waals surface area contributed by atoms with Crippen LogP contribution in [0, 0.1) is 10.8 Å². The molecule has 3 heterocycles. The van der Waals surface area contributed by atoms with E-state index in [0.717, 1.165) is 0 Å². The molecular weight excluding hydrogens is 523 g/mol. The molecule has 0 aliphatic carbocycles. The van der Waals surface area contributed by atoms with E-state index in [1.807, 2.05) is 0 Å². The van der Waals surface area contributed by atoms with Crippen molar-refractivity contribution in [3.8, 4) is 0 Å². The number of nitrogen functional groups attached to an aromatic ring is 1. The van der Waals surface area contributed by atoms with Crippen LogP contribution in [0.4, 0.5) is 5.95 Å². The molecule has 3 rings (SSSR count). The van der Waals surface area contributed by atoms with Gasteiger partial charge in [0.25, 0.3) is 5.56 Å². The second kappa shape index (κ2) is 11.6. The molecule has 1 aliphatic rings. The van der Waals surface area contributed by atoms with Crippen molar-refractivity contribution in [2.75, 3.05) is 25.9 Å². The van der Waals surface area contributed by atoms with E-state index >= 15 is 0 Å². The van der Waals surface area contributed by atoms with E-state index < -0.39 is 56.9 Å². The number of fused-ring (bicyclic) bond motifs is 1. The number of nitrogens with one attached hydrogen (secondary N) is 1. The summed E-state index contributed by atoms with van der Waals surface area (Å²) >= 11 is 0. The quantitative estimate of drug-likeness (QED) is 0.220. The number of H-pyrrole nitrogens is 1. The van der Waals surface area contributed by atoms with E-state index in [1.165, 1.54) is 0 Å². The lowest BCUT2D eigenvalue weighted by Crippen LogP contribution is -2.26. The number of anilines is 1. The first kappa shape index (κ1) is 29.9. The average molecular weight is 560 g/mol. The molecule has 0 saturated carbocycles. The number of hydrogen-bond donors (Lipinski definition) is 3. The largest absolute Gasteiger partial charge is 0.579 e. The summed E-state index contributed by atoms with van der Waals surface area (Å²) in [5.41, 5.74) is 4.14. The number of carbonyl (C=O) groups excluding carboxylic acids is 2. The molecule has 1 saturated heterocycles. The van der Waals surface area contributed by atoms with Gasteiger partial charge in [-0.3, -0.25) is 19.4 Å². The fourth-order valence-corrected chi connectivity index (χ4v) is 4.27. The van der Waals surface area contributed by atoms with Crippen molar-refractivity contribution in [3.63, 3.8) is 0 Å². The van der Waals surface area contributed by atoms with Crippen LogP contribution in [0.3, 0.4) is 0 Å². The predicted molar refractivity (Wildman–Crippen MR) is 136 cm³/mol. The van der Waals surface area contributed by atoms with Crippen molar-refractivity contribution in [1.82, 2.24) is 14.5 Å². The summed E-state index contributed by atoms with van der Waals surface area (Å²) in [6, 6.07) is 1.62. The minimum atomic E-state index is -4.09. The monoisotopic (exact) mass is 559 g/mol. The zero-order chi connectivity index (χ0) is 28.3. The van der Waals surface area contributed by atoms with Gasteiger partial charge < -0.3 is 24.5 Å². The van der Waals surface area contributed by atoms with Gasteiger partial charge in [0.2, 0.25) is 19.5 Å². The number of aromatic nitrogens is 3. The fraction of sp³-hybridized carbons (Fsp3) is 0.652. The first-order valence-electron chi connectivity index (χ1n) is 12.0. The molecule has 38 heavy (non-hydrogen) atoms. The van der Waals surface area contributed by atoms with Gasteiger partial charge in [-0.05, 0) is 60.5 Å². The van der Waals surface area contributed by atoms with Gasteiger partial charge in [-0.2, -0.15) is 14.4 Å².